The zero-order valence-electron chi connectivity index (χ0n) is 10.3. The van der Waals surface area contributed by atoms with Gasteiger partial charge in [-0.2, -0.15) is 0 Å². The normalized spacial score (nSPS) is 19.1. The molecule has 3 heteroatoms. The van der Waals surface area contributed by atoms with Crippen molar-refractivity contribution in [2.24, 2.45) is 5.92 Å². The Morgan fingerprint density at radius 3 is 2.59 bits per heavy atom. The molecule has 0 heterocycles. The smallest absolute Gasteiger partial charge is 0.129 e. The fourth-order valence-corrected chi connectivity index (χ4v) is 2.00. The predicted octanol–water partition coefficient (Wildman–Crippen LogP) is 3.28. The van der Waals surface area contributed by atoms with Gasteiger partial charge in [-0.1, -0.05) is 13.0 Å². The van der Waals surface area contributed by atoms with Crippen LogP contribution in [0, 0.1) is 17.6 Å². The molecule has 1 aromatic carbocycles. The SMILES string of the molecule is CC(Cc1ccc(F)cc1F)C(C)NC1CC1. The summed E-state index contributed by atoms with van der Waals surface area (Å²) in [6.45, 7) is 4.23. The van der Waals surface area contributed by atoms with E-state index in [2.05, 4.69) is 19.2 Å². The molecule has 1 nitrogen and oxygen atoms in total. The van der Waals surface area contributed by atoms with Crippen LogP contribution in [0.1, 0.15) is 32.3 Å². The van der Waals surface area contributed by atoms with E-state index in [-0.39, 0.29) is 0 Å². The van der Waals surface area contributed by atoms with Gasteiger partial charge in [0.2, 0.25) is 0 Å². The molecule has 0 spiro atoms. The Morgan fingerprint density at radius 2 is 2.00 bits per heavy atom. The van der Waals surface area contributed by atoms with Crippen molar-refractivity contribution in [2.45, 2.75) is 45.2 Å². The van der Waals surface area contributed by atoms with Gasteiger partial charge >= 0.3 is 0 Å². The summed E-state index contributed by atoms with van der Waals surface area (Å²) in [5.41, 5.74) is 0.600. The highest BCUT2D eigenvalue weighted by molar-refractivity contribution is 5.19. The second-order valence-corrected chi connectivity index (χ2v) is 5.15. The van der Waals surface area contributed by atoms with E-state index in [1.165, 1.54) is 18.9 Å². The van der Waals surface area contributed by atoms with Gasteiger partial charge in [-0.15, -0.1) is 0 Å². The molecule has 0 saturated heterocycles. The number of benzene rings is 1. The van der Waals surface area contributed by atoms with Crippen molar-refractivity contribution in [3.63, 3.8) is 0 Å². The molecule has 2 rings (SSSR count). The van der Waals surface area contributed by atoms with Crippen LogP contribution in [-0.4, -0.2) is 12.1 Å². The highest BCUT2D eigenvalue weighted by Gasteiger charge is 2.25. The van der Waals surface area contributed by atoms with Gasteiger partial charge in [-0.3, -0.25) is 0 Å². The quantitative estimate of drug-likeness (QED) is 0.831. The Labute approximate surface area is 101 Å². The lowest BCUT2D eigenvalue weighted by Crippen LogP contribution is -2.34. The van der Waals surface area contributed by atoms with Gasteiger partial charge in [-0.25, -0.2) is 8.78 Å². The van der Waals surface area contributed by atoms with E-state index in [4.69, 9.17) is 0 Å². The van der Waals surface area contributed by atoms with Crippen LogP contribution in [0.4, 0.5) is 8.78 Å². The van der Waals surface area contributed by atoms with Gasteiger partial charge in [0.1, 0.15) is 11.6 Å². The molecule has 1 aliphatic carbocycles. The largest absolute Gasteiger partial charge is 0.311 e. The first-order chi connectivity index (χ1) is 8.06. The van der Waals surface area contributed by atoms with Crippen molar-refractivity contribution in [3.05, 3.63) is 35.4 Å². The standard InChI is InChI=1S/C14H19F2N/c1-9(10(2)17-13-5-6-13)7-11-3-4-12(15)8-14(11)16/h3-4,8-10,13,17H,5-7H2,1-2H3. The molecule has 0 bridgehead atoms. The Morgan fingerprint density at radius 1 is 1.29 bits per heavy atom. The van der Waals surface area contributed by atoms with Crippen LogP contribution in [0.5, 0.6) is 0 Å². The van der Waals surface area contributed by atoms with Gasteiger partial charge in [-0.05, 0) is 43.7 Å². The number of halogens is 2. The van der Waals surface area contributed by atoms with Crippen molar-refractivity contribution < 1.29 is 8.78 Å². The molecule has 1 aromatic rings. The van der Waals surface area contributed by atoms with E-state index >= 15 is 0 Å². The van der Waals surface area contributed by atoms with E-state index in [0.717, 1.165) is 6.07 Å². The van der Waals surface area contributed by atoms with E-state index in [9.17, 15) is 8.78 Å². The van der Waals surface area contributed by atoms with Crippen molar-refractivity contribution in [3.8, 4) is 0 Å². The Hall–Kier alpha value is -0.960. The summed E-state index contributed by atoms with van der Waals surface area (Å²) in [6, 6.07) is 4.85. The monoisotopic (exact) mass is 239 g/mol. The van der Waals surface area contributed by atoms with E-state index in [1.807, 2.05) is 0 Å². The highest BCUT2D eigenvalue weighted by Crippen LogP contribution is 2.22. The summed E-state index contributed by atoms with van der Waals surface area (Å²) >= 11 is 0. The molecule has 94 valence electrons. The molecule has 0 aromatic heterocycles. The van der Waals surface area contributed by atoms with Crippen LogP contribution in [0.3, 0.4) is 0 Å². The van der Waals surface area contributed by atoms with Gasteiger partial charge in [0.15, 0.2) is 0 Å². The molecule has 0 aliphatic heterocycles. The fourth-order valence-electron chi connectivity index (χ4n) is 2.00. The third kappa shape index (κ3) is 3.50. The van der Waals surface area contributed by atoms with Crippen LogP contribution in [0.2, 0.25) is 0 Å². The van der Waals surface area contributed by atoms with Crippen LogP contribution in [0.25, 0.3) is 0 Å². The van der Waals surface area contributed by atoms with Crippen LogP contribution in [0.15, 0.2) is 18.2 Å². The lowest BCUT2D eigenvalue weighted by atomic mass is 9.94. The summed E-state index contributed by atoms with van der Waals surface area (Å²) in [5.74, 6) is -0.603. The lowest BCUT2D eigenvalue weighted by molar-refractivity contribution is 0.391. The number of nitrogens with one attached hydrogen (secondary N) is 1. The zero-order valence-corrected chi connectivity index (χ0v) is 10.3. The van der Waals surface area contributed by atoms with E-state index in [1.54, 1.807) is 6.07 Å². The second kappa shape index (κ2) is 5.13. The molecule has 1 N–H and O–H groups in total. The first-order valence-corrected chi connectivity index (χ1v) is 6.26. The molecule has 2 atom stereocenters. The molecule has 0 radical (unpaired) electrons. The molecule has 1 aliphatic rings. The van der Waals surface area contributed by atoms with Crippen LogP contribution < -0.4 is 5.32 Å². The summed E-state index contributed by atoms with van der Waals surface area (Å²) in [6.07, 6.45) is 3.15. The predicted molar refractivity (Wildman–Crippen MR) is 64.8 cm³/mol. The number of hydrogen-bond acceptors (Lipinski definition) is 1. The van der Waals surface area contributed by atoms with Gasteiger partial charge in [0.05, 0.1) is 0 Å². The number of hydrogen-bond donors (Lipinski definition) is 1. The maximum absolute atomic E-state index is 13.5. The second-order valence-electron chi connectivity index (χ2n) is 5.15. The Kier molecular flexibility index (Phi) is 3.77. The van der Waals surface area contributed by atoms with Crippen molar-refractivity contribution in [1.82, 2.24) is 5.32 Å². The lowest BCUT2D eigenvalue weighted by Gasteiger charge is -2.21. The Bertz CT molecular complexity index is 388. The minimum atomic E-state index is -0.511. The average molecular weight is 239 g/mol. The van der Waals surface area contributed by atoms with Crippen molar-refractivity contribution in [1.29, 1.82) is 0 Å². The zero-order chi connectivity index (χ0) is 12.4. The molecule has 0 amide bonds. The maximum Gasteiger partial charge on any atom is 0.129 e. The topological polar surface area (TPSA) is 12.0 Å². The summed E-state index contributed by atoms with van der Waals surface area (Å²) in [4.78, 5) is 0. The summed E-state index contributed by atoms with van der Waals surface area (Å²) < 4.78 is 26.3. The Balaban J connectivity index is 1.93. The van der Waals surface area contributed by atoms with Gasteiger partial charge < -0.3 is 5.32 Å². The fraction of sp³-hybridized carbons (Fsp3) is 0.571. The first kappa shape index (κ1) is 12.5. The molecular formula is C14H19F2N. The molecular weight excluding hydrogens is 220 g/mol. The first-order valence-electron chi connectivity index (χ1n) is 6.26. The third-order valence-electron chi connectivity index (χ3n) is 3.49. The minimum absolute atomic E-state index is 0.343. The molecule has 1 fully saturated rings. The summed E-state index contributed by atoms with van der Waals surface area (Å²) in [7, 11) is 0. The van der Waals surface area contributed by atoms with Crippen LogP contribution >= 0.6 is 0 Å². The van der Waals surface area contributed by atoms with Gasteiger partial charge in [0.25, 0.3) is 0 Å². The molecule has 2 unspecified atom stereocenters. The van der Waals surface area contributed by atoms with Crippen LogP contribution in [-0.2, 0) is 6.42 Å². The maximum atomic E-state index is 13.5. The summed E-state index contributed by atoms with van der Waals surface area (Å²) in [5, 5.41) is 3.51. The van der Waals surface area contributed by atoms with Gasteiger partial charge in [0, 0.05) is 18.2 Å². The average Bonchev–Trinajstić information content (AvgIpc) is 3.06. The number of rotatable bonds is 5. The molecule has 17 heavy (non-hydrogen) atoms. The molecule has 1 saturated carbocycles. The highest BCUT2D eigenvalue weighted by atomic mass is 19.1. The van der Waals surface area contributed by atoms with E-state index in [0.29, 0.717) is 30.0 Å². The van der Waals surface area contributed by atoms with Crippen molar-refractivity contribution >= 4 is 0 Å². The third-order valence-corrected chi connectivity index (χ3v) is 3.49. The minimum Gasteiger partial charge on any atom is -0.311 e. The van der Waals surface area contributed by atoms with Crippen molar-refractivity contribution in [2.75, 3.05) is 0 Å². The van der Waals surface area contributed by atoms with E-state index < -0.39 is 11.6 Å².